The molecule has 1 aliphatic carbocycles. The van der Waals surface area contributed by atoms with Gasteiger partial charge in [0.1, 0.15) is 5.82 Å². The van der Waals surface area contributed by atoms with Gasteiger partial charge in [-0.3, -0.25) is 0 Å². The van der Waals surface area contributed by atoms with Crippen LogP contribution in [0, 0.1) is 17.1 Å². The zero-order valence-corrected chi connectivity index (χ0v) is 9.75. The number of aliphatic hydroxyl groups is 1. The van der Waals surface area contributed by atoms with Crippen molar-refractivity contribution >= 4 is 0 Å². The first-order valence-electron chi connectivity index (χ1n) is 6.04. The van der Waals surface area contributed by atoms with Crippen LogP contribution < -0.4 is 0 Å². The fraction of sp³-hybridized carbons (Fsp3) is 0.500. The summed E-state index contributed by atoms with van der Waals surface area (Å²) in [7, 11) is 0. The first-order valence-corrected chi connectivity index (χ1v) is 6.04. The molecule has 0 heterocycles. The molecule has 0 aromatic heterocycles. The van der Waals surface area contributed by atoms with E-state index in [0.29, 0.717) is 17.5 Å². The molecule has 0 radical (unpaired) electrons. The molecule has 17 heavy (non-hydrogen) atoms. The second kappa shape index (κ2) is 4.85. The van der Waals surface area contributed by atoms with Crippen LogP contribution in [0.2, 0.25) is 0 Å². The Morgan fingerprint density at radius 2 is 2.00 bits per heavy atom. The van der Waals surface area contributed by atoms with Crippen LogP contribution in [0.5, 0.6) is 0 Å². The molecule has 1 fully saturated rings. The fourth-order valence-corrected chi connectivity index (χ4v) is 2.50. The molecule has 1 aromatic rings. The summed E-state index contributed by atoms with van der Waals surface area (Å²) in [6.45, 7) is 0. The highest BCUT2D eigenvalue weighted by Crippen LogP contribution is 2.31. The number of nitriles is 1. The van der Waals surface area contributed by atoms with Crippen molar-refractivity contribution in [2.45, 2.75) is 44.1 Å². The number of halogens is 1. The lowest BCUT2D eigenvalue weighted by atomic mass is 9.80. The lowest BCUT2D eigenvalue weighted by Crippen LogP contribution is -2.34. The number of benzene rings is 1. The van der Waals surface area contributed by atoms with Gasteiger partial charge in [-0.05, 0) is 30.5 Å². The van der Waals surface area contributed by atoms with Gasteiger partial charge in [-0.15, -0.1) is 0 Å². The van der Waals surface area contributed by atoms with E-state index in [-0.39, 0.29) is 5.82 Å². The maximum atomic E-state index is 13.7. The van der Waals surface area contributed by atoms with Crippen LogP contribution in [0.3, 0.4) is 0 Å². The van der Waals surface area contributed by atoms with E-state index in [1.165, 1.54) is 6.07 Å². The summed E-state index contributed by atoms with van der Waals surface area (Å²) in [5.41, 5.74) is 0.0723. The lowest BCUT2D eigenvalue weighted by molar-refractivity contribution is 0.00379. The van der Waals surface area contributed by atoms with Crippen LogP contribution in [0.15, 0.2) is 18.2 Å². The van der Waals surface area contributed by atoms with Crippen molar-refractivity contribution in [1.29, 1.82) is 5.26 Å². The van der Waals surface area contributed by atoms with Crippen molar-refractivity contribution in [3.8, 4) is 6.07 Å². The van der Waals surface area contributed by atoms with E-state index in [1.54, 1.807) is 12.1 Å². The minimum atomic E-state index is -0.757. The third kappa shape index (κ3) is 2.83. The van der Waals surface area contributed by atoms with Crippen LogP contribution in [0.25, 0.3) is 0 Å². The first kappa shape index (κ1) is 12.1. The Morgan fingerprint density at radius 1 is 1.29 bits per heavy atom. The van der Waals surface area contributed by atoms with Crippen LogP contribution in [-0.2, 0) is 6.42 Å². The van der Waals surface area contributed by atoms with Gasteiger partial charge in [-0.2, -0.15) is 5.26 Å². The van der Waals surface area contributed by atoms with E-state index < -0.39 is 5.60 Å². The van der Waals surface area contributed by atoms with Gasteiger partial charge in [0.25, 0.3) is 0 Å². The van der Waals surface area contributed by atoms with Gasteiger partial charge in [0.2, 0.25) is 0 Å². The van der Waals surface area contributed by atoms with Gasteiger partial charge >= 0.3 is 0 Å². The highest BCUT2D eigenvalue weighted by molar-refractivity contribution is 5.33. The van der Waals surface area contributed by atoms with E-state index in [0.717, 1.165) is 32.1 Å². The number of rotatable bonds is 2. The van der Waals surface area contributed by atoms with E-state index in [2.05, 4.69) is 0 Å². The van der Waals surface area contributed by atoms with Crippen molar-refractivity contribution in [2.24, 2.45) is 0 Å². The van der Waals surface area contributed by atoms with Crippen LogP contribution in [0.1, 0.15) is 43.2 Å². The summed E-state index contributed by atoms with van der Waals surface area (Å²) >= 11 is 0. The van der Waals surface area contributed by atoms with E-state index in [1.807, 2.05) is 6.07 Å². The monoisotopic (exact) mass is 233 g/mol. The highest BCUT2D eigenvalue weighted by Gasteiger charge is 2.30. The molecule has 1 saturated carbocycles. The zero-order valence-electron chi connectivity index (χ0n) is 9.75. The van der Waals surface area contributed by atoms with Crippen LogP contribution in [0.4, 0.5) is 4.39 Å². The Labute approximate surface area is 101 Å². The molecular weight excluding hydrogens is 217 g/mol. The molecule has 0 unspecified atom stereocenters. The summed E-state index contributed by atoms with van der Waals surface area (Å²) in [4.78, 5) is 0. The molecule has 0 aliphatic heterocycles. The topological polar surface area (TPSA) is 44.0 Å². The number of hydrogen-bond acceptors (Lipinski definition) is 2. The van der Waals surface area contributed by atoms with Crippen LogP contribution in [-0.4, -0.2) is 10.7 Å². The molecule has 1 aliphatic rings. The van der Waals surface area contributed by atoms with Gasteiger partial charge in [0.05, 0.1) is 17.2 Å². The molecule has 90 valence electrons. The van der Waals surface area contributed by atoms with Crippen molar-refractivity contribution in [3.63, 3.8) is 0 Å². The number of nitrogens with zero attached hydrogens (tertiary/aromatic N) is 1. The standard InChI is InChI=1S/C14H16FNO/c15-13-8-11(10-16)4-5-12(13)9-14(17)6-2-1-3-7-14/h4-5,8,17H,1-3,6-7,9H2. The highest BCUT2D eigenvalue weighted by atomic mass is 19.1. The predicted octanol–water partition coefficient (Wildman–Crippen LogP) is 2.94. The van der Waals surface area contributed by atoms with Gasteiger partial charge in [0, 0.05) is 6.42 Å². The SMILES string of the molecule is N#Cc1ccc(CC2(O)CCCCC2)c(F)c1. The number of hydrogen-bond donors (Lipinski definition) is 1. The molecule has 0 atom stereocenters. The molecule has 2 rings (SSSR count). The van der Waals surface area contributed by atoms with Crippen molar-refractivity contribution < 1.29 is 9.50 Å². The van der Waals surface area contributed by atoms with Gasteiger partial charge in [-0.1, -0.05) is 25.3 Å². The lowest BCUT2D eigenvalue weighted by Gasteiger charge is -2.32. The fourth-order valence-electron chi connectivity index (χ4n) is 2.50. The summed E-state index contributed by atoms with van der Waals surface area (Å²) < 4.78 is 13.7. The van der Waals surface area contributed by atoms with E-state index in [4.69, 9.17) is 5.26 Å². The Balaban J connectivity index is 2.15. The minimum absolute atomic E-state index is 0.321. The summed E-state index contributed by atoms with van der Waals surface area (Å²) in [6.07, 6.45) is 5.00. The van der Waals surface area contributed by atoms with Crippen molar-refractivity contribution in [3.05, 3.63) is 35.1 Å². The maximum Gasteiger partial charge on any atom is 0.127 e. The largest absolute Gasteiger partial charge is 0.390 e. The second-order valence-corrected chi connectivity index (χ2v) is 4.88. The van der Waals surface area contributed by atoms with E-state index in [9.17, 15) is 9.50 Å². The molecule has 2 nitrogen and oxygen atoms in total. The molecule has 1 aromatic carbocycles. The quantitative estimate of drug-likeness (QED) is 0.853. The third-order valence-corrected chi connectivity index (χ3v) is 3.49. The Kier molecular flexibility index (Phi) is 3.44. The summed E-state index contributed by atoms with van der Waals surface area (Å²) in [5, 5.41) is 19.0. The molecule has 0 spiro atoms. The average molecular weight is 233 g/mol. The maximum absolute atomic E-state index is 13.7. The smallest absolute Gasteiger partial charge is 0.127 e. The van der Waals surface area contributed by atoms with Gasteiger partial charge in [-0.25, -0.2) is 4.39 Å². The Hall–Kier alpha value is -1.40. The van der Waals surface area contributed by atoms with Crippen molar-refractivity contribution in [1.82, 2.24) is 0 Å². The second-order valence-electron chi connectivity index (χ2n) is 4.88. The predicted molar refractivity (Wildman–Crippen MR) is 62.9 cm³/mol. The molecule has 0 bridgehead atoms. The summed E-state index contributed by atoms with van der Waals surface area (Å²) in [6, 6.07) is 6.36. The van der Waals surface area contributed by atoms with Gasteiger partial charge < -0.3 is 5.11 Å². The van der Waals surface area contributed by atoms with Crippen molar-refractivity contribution in [2.75, 3.05) is 0 Å². The zero-order chi connectivity index (χ0) is 12.3. The average Bonchev–Trinajstić information content (AvgIpc) is 2.32. The normalized spacial score (nSPS) is 18.6. The molecular formula is C14H16FNO. The minimum Gasteiger partial charge on any atom is -0.390 e. The molecule has 1 N–H and O–H groups in total. The van der Waals surface area contributed by atoms with E-state index >= 15 is 0 Å². The first-order chi connectivity index (χ1) is 8.13. The van der Waals surface area contributed by atoms with Gasteiger partial charge in [0.15, 0.2) is 0 Å². The third-order valence-electron chi connectivity index (χ3n) is 3.49. The van der Waals surface area contributed by atoms with Crippen LogP contribution >= 0.6 is 0 Å². The summed E-state index contributed by atoms with van der Waals surface area (Å²) in [5.74, 6) is -0.386. The Morgan fingerprint density at radius 3 is 2.59 bits per heavy atom. The Bertz CT molecular complexity index is 444. The molecule has 3 heteroatoms. The molecule has 0 saturated heterocycles. The molecule has 0 amide bonds.